The lowest BCUT2D eigenvalue weighted by Gasteiger charge is -2.36. The fraction of sp³-hybridized carbons (Fsp3) is 0.647. The van der Waals surface area contributed by atoms with Crippen molar-refractivity contribution in [1.29, 1.82) is 0 Å². The van der Waals surface area contributed by atoms with Gasteiger partial charge in [-0.3, -0.25) is 4.90 Å². The van der Waals surface area contributed by atoms with Gasteiger partial charge < -0.3 is 5.32 Å². The molecule has 2 heteroatoms. The van der Waals surface area contributed by atoms with E-state index in [-0.39, 0.29) is 0 Å². The first-order valence-corrected chi connectivity index (χ1v) is 7.72. The van der Waals surface area contributed by atoms with Gasteiger partial charge in [-0.05, 0) is 32.5 Å². The number of likely N-dealkylation sites (N-methyl/N-ethyl adjacent to an activating group) is 2. The Morgan fingerprint density at radius 1 is 1.05 bits per heavy atom. The lowest BCUT2D eigenvalue weighted by atomic mass is 9.91. The summed E-state index contributed by atoms with van der Waals surface area (Å²) in [5.41, 5.74) is 1.42. The Balaban J connectivity index is 1.99. The summed E-state index contributed by atoms with van der Waals surface area (Å²) >= 11 is 0. The second-order valence-electron chi connectivity index (χ2n) is 5.85. The van der Waals surface area contributed by atoms with Crippen LogP contribution < -0.4 is 5.32 Å². The van der Waals surface area contributed by atoms with Crippen LogP contribution in [-0.4, -0.2) is 31.1 Å². The van der Waals surface area contributed by atoms with Crippen molar-refractivity contribution in [3.8, 4) is 0 Å². The molecular weight excluding hydrogens is 232 g/mol. The molecule has 0 saturated heterocycles. The lowest BCUT2D eigenvalue weighted by molar-refractivity contribution is 0.160. The molecule has 2 atom stereocenters. The van der Waals surface area contributed by atoms with Crippen molar-refractivity contribution in [1.82, 2.24) is 10.2 Å². The highest BCUT2D eigenvalue weighted by Crippen LogP contribution is 2.22. The highest BCUT2D eigenvalue weighted by Gasteiger charge is 2.24. The van der Waals surface area contributed by atoms with Gasteiger partial charge in [-0.1, -0.05) is 56.0 Å². The standard InChI is InChI=1S/C17H28N2/c1-18-16-12-8-3-4-9-13-17(16)19(2)14-15-10-6-5-7-11-15/h5-7,10-11,16-18H,3-4,8-9,12-14H2,1-2H3. The molecule has 19 heavy (non-hydrogen) atoms. The van der Waals surface area contributed by atoms with Crippen LogP contribution >= 0.6 is 0 Å². The number of nitrogens with one attached hydrogen (secondary N) is 1. The number of hydrogen-bond donors (Lipinski definition) is 1. The minimum atomic E-state index is 0.647. The fourth-order valence-electron chi connectivity index (χ4n) is 3.32. The van der Waals surface area contributed by atoms with E-state index in [9.17, 15) is 0 Å². The third kappa shape index (κ3) is 4.32. The van der Waals surface area contributed by atoms with Gasteiger partial charge in [0.05, 0.1) is 0 Å². The molecule has 1 N–H and O–H groups in total. The summed E-state index contributed by atoms with van der Waals surface area (Å²) in [6.45, 7) is 1.06. The molecule has 1 aromatic rings. The smallest absolute Gasteiger partial charge is 0.0249 e. The maximum atomic E-state index is 3.55. The van der Waals surface area contributed by atoms with Gasteiger partial charge in [-0.25, -0.2) is 0 Å². The summed E-state index contributed by atoms with van der Waals surface area (Å²) in [7, 11) is 4.40. The van der Waals surface area contributed by atoms with Crippen LogP contribution in [0.5, 0.6) is 0 Å². The normalized spacial score (nSPS) is 25.0. The van der Waals surface area contributed by atoms with Crippen molar-refractivity contribution in [3.05, 3.63) is 35.9 Å². The SMILES string of the molecule is CNC1CCCCCCC1N(C)Cc1ccccc1. The highest BCUT2D eigenvalue weighted by atomic mass is 15.2. The second-order valence-corrected chi connectivity index (χ2v) is 5.85. The molecule has 0 aromatic heterocycles. The van der Waals surface area contributed by atoms with Crippen molar-refractivity contribution in [2.75, 3.05) is 14.1 Å². The third-order valence-electron chi connectivity index (χ3n) is 4.44. The Labute approximate surface area is 118 Å². The van der Waals surface area contributed by atoms with Gasteiger partial charge in [-0.15, -0.1) is 0 Å². The first-order valence-electron chi connectivity index (χ1n) is 7.72. The van der Waals surface area contributed by atoms with Crippen molar-refractivity contribution >= 4 is 0 Å². The minimum Gasteiger partial charge on any atom is -0.315 e. The molecule has 0 heterocycles. The van der Waals surface area contributed by atoms with E-state index in [2.05, 4.69) is 54.6 Å². The first-order chi connectivity index (χ1) is 9.31. The van der Waals surface area contributed by atoms with Crippen LogP contribution in [0.1, 0.15) is 44.1 Å². The van der Waals surface area contributed by atoms with E-state index in [4.69, 9.17) is 0 Å². The molecule has 0 amide bonds. The van der Waals surface area contributed by atoms with E-state index in [0.717, 1.165) is 6.54 Å². The largest absolute Gasteiger partial charge is 0.315 e. The Kier molecular flexibility index (Phi) is 5.87. The molecule has 1 aliphatic rings. The molecule has 1 saturated carbocycles. The van der Waals surface area contributed by atoms with Crippen LogP contribution in [0.4, 0.5) is 0 Å². The van der Waals surface area contributed by atoms with E-state index < -0.39 is 0 Å². The molecule has 1 aliphatic carbocycles. The van der Waals surface area contributed by atoms with E-state index >= 15 is 0 Å². The Morgan fingerprint density at radius 3 is 2.42 bits per heavy atom. The molecule has 0 bridgehead atoms. The lowest BCUT2D eigenvalue weighted by Crippen LogP contribution is -2.47. The van der Waals surface area contributed by atoms with Crippen molar-refractivity contribution < 1.29 is 0 Å². The average molecular weight is 260 g/mol. The first kappa shape index (κ1) is 14.5. The number of rotatable bonds is 4. The number of benzene rings is 1. The van der Waals surface area contributed by atoms with Gasteiger partial charge in [0.2, 0.25) is 0 Å². The van der Waals surface area contributed by atoms with E-state index in [1.54, 1.807) is 0 Å². The molecule has 0 spiro atoms. The van der Waals surface area contributed by atoms with Crippen LogP contribution in [0.25, 0.3) is 0 Å². The maximum Gasteiger partial charge on any atom is 0.0249 e. The van der Waals surface area contributed by atoms with Crippen LogP contribution in [0.15, 0.2) is 30.3 Å². The zero-order chi connectivity index (χ0) is 13.5. The van der Waals surface area contributed by atoms with Crippen molar-refractivity contribution in [3.63, 3.8) is 0 Å². The Morgan fingerprint density at radius 2 is 1.74 bits per heavy atom. The number of hydrogen-bond acceptors (Lipinski definition) is 2. The van der Waals surface area contributed by atoms with Gasteiger partial charge in [0, 0.05) is 18.6 Å². The van der Waals surface area contributed by atoms with Gasteiger partial charge >= 0.3 is 0 Å². The van der Waals surface area contributed by atoms with Crippen LogP contribution in [0, 0.1) is 0 Å². The number of nitrogens with zero attached hydrogens (tertiary/aromatic N) is 1. The molecule has 2 unspecified atom stereocenters. The predicted octanol–water partition coefficient (Wildman–Crippen LogP) is 3.43. The van der Waals surface area contributed by atoms with Gasteiger partial charge in [0.15, 0.2) is 0 Å². The monoisotopic (exact) mass is 260 g/mol. The molecule has 1 fully saturated rings. The Hall–Kier alpha value is -0.860. The van der Waals surface area contributed by atoms with Gasteiger partial charge in [0.1, 0.15) is 0 Å². The van der Waals surface area contributed by atoms with Gasteiger partial charge in [-0.2, -0.15) is 0 Å². The summed E-state index contributed by atoms with van der Waals surface area (Å²) in [6, 6.07) is 12.1. The van der Waals surface area contributed by atoms with Crippen LogP contribution in [-0.2, 0) is 6.54 Å². The second kappa shape index (κ2) is 7.66. The quantitative estimate of drug-likeness (QED) is 0.892. The van der Waals surface area contributed by atoms with E-state index in [0.29, 0.717) is 12.1 Å². The molecule has 0 aliphatic heterocycles. The van der Waals surface area contributed by atoms with E-state index in [1.807, 2.05) is 0 Å². The molecule has 0 radical (unpaired) electrons. The van der Waals surface area contributed by atoms with Crippen LogP contribution in [0.3, 0.4) is 0 Å². The molecule has 2 rings (SSSR count). The minimum absolute atomic E-state index is 0.647. The van der Waals surface area contributed by atoms with Crippen molar-refractivity contribution in [2.24, 2.45) is 0 Å². The summed E-state index contributed by atoms with van der Waals surface area (Å²) < 4.78 is 0. The zero-order valence-electron chi connectivity index (χ0n) is 12.4. The van der Waals surface area contributed by atoms with Gasteiger partial charge in [0.25, 0.3) is 0 Å². The molecule has 1 aromatic carbocycles. The summed E-state index contributed by atoms with van der Waals surface area (Å²) in [4.78, 5) is 2.54. The summed E-state index contributed by atoms with van der Waals surface area (Å²) in [5, 5.41) is 3.55. The summed E-state index contributed by atoms with van der Waals surface area (Å²) in [5.74, 6) is 0. The highest BCUT2D eigenvalue weighted by molar-refractivity contribution is 5.14. The molecule has 106 valence electrons. The fourth-order valence-corrected chi connectivity index (χ4v) is 3.32. The Bertz CT molecular complexity index is 350. The van der Waals surface area contributed by atoms with Crippen LogP contribution in [0.2, 0.25) is 0 Å². The average Bonchev–Trinajstić information content (AvgIpc) is 2.39. The molecular formula is C17H28N2. The molecule has 2 nitrogen and oxygen atoms in total. The van der Waals surface area contributed by atoms with E-state index in [1.165, 1.54) is 44.1 Å². The predicted molar refractivity (Wildman–Crippen MR) is 82.2 cm³/mol. The van der Waals surface area contributed by atoms with Crippen molar-refractivity contribution in [2.45, 2.75) is 57.2 Å². The maximum absolute atomic E-state index is 3.55. The zero-order valence-corrected chi connectivity index (χ0v) is 12.4. The topological polar surface area (TPSA) is 15.3 Å². The third-order valence-corrected chi connectivity index (χ3v) is 4.44. The summed E-state index contributed by atoms with van der Waals surface area (Å²) in [6.07, 6.45) is 8.22.